The van der Waals surface area contributed by atoms with Crippen LogP contribution in [0.25, 0.3) is 0 Å². The van der Waals surface area contributed by atoms with Gasteiger partial charge in [-0.25, -0.2) is 4.98 Å². The van der Waals surface area contributed by atoms with E-state index in [0.29, 0.717) is 42.7 Å². The Labute approximate surface area is 139 Å². The van der Waals surface area contributed by atoms with E-state index in [9.17, 15) is 9.59 Å². The molecule has 1 aromatic heterocycles. The van der Waals surface area contributed by atoms with Crippen molar-refractivity contribution in [1.29, 1.82) is 0 Å². The normalized spacial score (nSPS) is 22.0. The van der Waals surface area contributed by atoms with Crippen molar-refractivity contribution in [3.63, 3.8) is 0 Å². The number of β-amino-alcohol motifs (C(OH)–C–C–N with tert-alkyl or cyclic N) is 1. The molecular formula is C15H22N4O3S. The highest BCUT2D eigenvalue weighted by molar-refractivity contribution is 7.99. The summed E-state index contributed by atoms with van der Waals surface area (Å²) in [5.41, 5.74) is 0.563. The quantitative estimate of drug-likeness (QED) is 0.742. The van der Waals surface area contributed by atoms with Crippen molar-refractivity contribution in [3.8, 4) is 0 Å². The van der Waals surface area contributed by atoms with Gasteiger partial charge in [-0.1, -0.05) is 11.8 Å². The Morgan fingerprint density at radius 2 is 2.13 bits per heavy atom. The molecule has 1 aromatic rings. The summed E-state index contributed by atoms with van der Waals surface area (Å²) >= 11 is 1.48. The number of aromatic nitrogens is 2. The molecule has 1 N–H and O–H groups in total. The Morgan fingerprint density at radius 1 is 1.39 bits per heavy atom. The lowest BCUT2D eigenvalue weighted by atomic mass is 10.1. The number of amides is 1. The molecule has 2 aliphatic rings. The molecule has 1 fully saturated rings. The first-order valence-corrected chi connectivity index (χ1v) is 8.90. The Bertz CT molecular complexity index is 640. The van der Waals surface area contributed by atoms with E-state index in [1.165, 1.54) is 11.8 Å². The second-order valence-electron chi connectivity index (χ2n) is 6.04. The summed E-state index contributed by atoms with van der Waals surface area (Å²) in [4.78, 5) is 33.3. The van der Waals surface area contributed by atoms with Crippen LogP contribution in [0.1, 0.15) is 5.56 Å². The SMILES string of the molecule is Cc1cnc2n(c1=O)CC(C(=O)N1CCN(CCO)CC1)CS2. The van der Waals surface area contributed by atoms with Crippen molar-refractivity contribution >= 4 is 17.7 Å². The summed E-state index contributed by atoms with van der Waals surface area (Å²) in [5, 5.41) is 9.68. The maximum Gasteiger partial charge on any atom is 0.257 e. The zero-order valence-corrected chi connectivity index (χ0v) is 14.1. The fraction of sp³-hybridized carbons (Fsp3) is 0.667. The zero-order valence-electron chi connectivity index (χ0n) is 13.3. The molecule has 23 heavy (non-hydrogen) atoms. The average molecular weight is 338 g/mol. The van der Waals surface area contributed by atoms with Gasteiger partial charge in [-0.15, -0.1) is 0 Å². The molecule has 0 radical (unpaired) electrons. The van der Waals surface area contributed by atoms with Crippen LogP contribution in [-0.2, 0) is 11.3 Å². The number of thioether (sulfide) groups is 1. The van der Waals surface area contributed by atoms with Crippen molar-refractivity contribution in [2.75, 3.05) is 45.1 Å². The Hall–Kier alpha value is -1.38. The number of carbonyl (C=O) groups excluding carboxylic acids is 1. The number of nitrogens with zero attached hydrogens (tertiary/aromatic N) is 4. The zero-order chi connectivity index (χ0) is 16.4. The van der Waals surface area contributed by atoms with Crippen molar-refractivity contribution in [3.05, 3.63) is 22.1 Å². The molecule has 1 amide bonds. The molecule has 1 saturated heterocycles. The van der Waals surface area contributed by atoms with Crippen LogP contribution in [0, 0.1) is 12.8 Å². The topological polar surface area (TPSA) is 78.7 Å². The fourth-order valence-electron chi connectivity index (χ4n) is 3.04. The van der Waals surface area contributed by atoms with Gasteiger partial charge in [0.15, 0.2) is 5.16 Å². The summed E-state index contributed by atoms with van der Waals surface area (Å²) in [6, 6.07) is 0. The first-order chi connectivity index (χ1) is 11.1. The summed E-state index contributed by atoms with van der Waals surface area (Å²) in [6.45, 7) is 5.95. The number of fused-ring (bicyclic) bond motifs is 1. The highest BCUT2D eigenvalue weighted by atomic mass is 32.2. The molecule has 1 atom stereocenters. The minimum Gasteiger partial charge on any atom is -0.395 e. The highest BCUT2D eigenvalue weighted by Gasteiger charge is 2.31. The van der Waals surface area contributed by atoms with Crippen molar-refractivity contribution in [1.82, 2.24) is 19.4 Å². The van der Waals surface area contributed by atoms with Crippen LogP contribution in [0.4, 0.5) is 0 Å². The lowest BCUT2D eigenvalue weighted by Crippen LogP contribution is -2.52. The van der Waals surface area contributed by atoms with E-state index in [4.69, 9.17) is 5.11 Å². The summed E-state index contributed by atoms with van der Waals surface area (Å²) < 4.78 is 1.63. The van der Waals surface area contributed by atoms with Gasteiger partial charge in [-0.05, 0) is 6.92 Å². The van der Waals surface area contributed by atoms with E-state index in [2.05, 4.69) is 9.88 Å². The van der Waals surface area contributed by atoms with Crippen LogP contribution in [0.2, 0.25) is 0 Å². The number of hydrogen-bond acceptors (Lipinski definition) is 6. The predicted molar refractivity (Wildman–Crippen MR) is 87.6 cm³/mol. The van der Waals surface area contributed by atoms with Crippen molar-refractivity contribution in [2.24, 2.45) is 5.92 Å². The minimum absolute atomic E-state index is 0.0484. The van der Waals surface area contributed by atoms with Crippen LogP contribution in [0.3, 0.4) is 0 Å². The van der Waals surface area contributed by atoms with Gasteiger partial charge in [-0.2, -0.15) is 0 Å². The number of piperazine rings is 1. The van der Waals surface area contributed by atoms with Crippen LogP contribution in [0.15, 0.2) is 16.1 Å². The van der Waals surface area contributed by atoms with Crippen LogP contribution in [0.5, 0.6) is 0 Å². The van der Waals surface area contributed by atoms with Crippen LogP contribution in [-0.4, -0.2) is 75.4 Å². The number of hydrogen-bond donors (Lipinski definition) is 1. The van der Waals surface area contributed by atoms with Gasteiger partial charge in [0, 0.05) is 56.8 Å². The van der Waals surface area contributed by atoms with E-state index >= 15 is 0 Å². The second-order valence-corrected chi connectivity index (χ2v) is 7.03. The molecule has 3 heterocycles. The molecule has 0 aliphatic carbocycles. The van der Waals surface area contributed by atoms with Gasteiger partial charge in [0.05, 0.1) is 12.5 Å². The molecule has 1 unspecified atom stereocenters. The molecule has 3 rings (SSSR count). The van der Waals surface area contributed by atoms with Crippen molar-refractivity contribution < 1.29 is 9.90 Å². The first-order valence-electron chi connectivity index (χ1n) is 7.91. The maximum absolute atomic E-state index is 12.7. The van der Waals surface area contributed by atoms with Crippen LogP contribution < -0.4 is 5.56 Å². The number of carbonyl (C=O) groups is 1. The third kappa shape index (κ3) is 3.44. The second kappa shape index (κ2) is 7.02. The summed E-state index contributed by atoms with van der Waals surface area (Å²) in [6.07, 6.45) is 1.60. The highest BCUT2D eigenvalue weighted by Crippen LogP contribution is 2.26. The van der Waals surface area contributed by atoms with E-state index in [1.807, 2.05) is 4.90 Å². The van der Waals surface area contributed by atoms with Gasteiger partial charge < -0.3 is 10.0 Å². The van der Waals surface area contributed by atoms with Gasteiger partial charge >= 0.3 is 0 Å². The molecule has 2 aliphatic heterocycles. The van der Waals surface area contributed by atoms with Crippen molar-refractivity contribution in [2.45, 2.75) is 18.6 Å². The number of aliphatic hydroxyl groups excluding tert-OH is 1. The van der Waals surface area contributed by atoms with Gasteiger partial charge in [-0.3, -0.25) is 19.1 Å². The molecule has 0 bridgehead atoms. The number of rotatable bonds is 3. The lowest BCUT2D eigenvalue weighted by Gasteiger charge is -2.37. The molecule has 0 spiro atoms. The Balaban J connectivity index is 1.66. The molecular weight excluding hydrogens is 316 g/mol. The maximum atomic E-state index is 12.7. The standard InChI is InChI=1S/C15H22N4O3S/c1-11-8-16-15-19(13(11)21)9-12(10-23-15)14(22)18-4-2-17(3-5-18)6-7-20/h8,12,20H,2-7,9-10H2,1H3. The molecule has 7 nitrogen and oxygen atoms in total. The Morgan fingerprint density at radius 3 is 2.83 bits per heavy atom. The third-order valence-electron chi connectivity index (χ3n) is 4.45. The summed E-state index contributed by atoms with van der Waals surface area (Å²) in [5.74, 6) is 0.629. The van der Waals surface area contributed by atoms with Crippen LogP contribution >= 0.6 is 11.8 Å². The van der Waals surface area contributed by atoms with Gasteiger partial charge in [0.25, 0.3) is 5.56 Å². The lowest BCUT2D eigenvalue weighted by molar-refractivity contribution is -0.137. The largest absolute Gasteiger partial charge is 0.395 e. The third-order valence-corrected chi connectivity index (χ3v) is 5.60. The summed E-state index contributed by atoms with van der Waals surface area (Å²) in [7, 11) is 0. The number of aryl methyl sites for hydroxylation is 1. The monoisotopic (exact) mass is 338 g/mol. The van der Waals surface area contributed by atoms with Gasteiger partial charge in [0.1, 0.15) is 0 Å². The fourth-order valence-corrected chi connectivity index (χ4v) is 4.08. The van der Waals surface area contributed by atoms with E-state index < -0.39 is 0 Å². The molecule has 126 valence electrons. The first kappa shape index (κ1) is 16.5. The Kier molecular flexibility index (Phi) is 5.03. The van der Waals surface area contributed by atoms with Gasteiger partial charge in [0.2, 0.25) is 5.91 Å². The van der Waals surface area contributed by atoms with E-state index in [1.54, 1.807) is 17.7 Å². The molecule has 0 saturated carbocycles. The molecule has 8 heteroatoms. The number of aliphatic hydroxyl groups is 1. The molecule has 0 aromatic carbocycles. The predicted octanol–water partition coefficient (Wildman–Crippen LogP) is -0.590. The average Bonchev–Trinajstić information content (AvgIpc) is 2.58. The van der Waals surface area contributed by atoms with E-state index in [0.717, 1.165) is 13.1 Å². The minimum atomic E-state index is -0.168. The van der Waals surface area contributed by atoms with E-state index in [-0.39, 0.29) is 24.0 Å². The smallest absolute Gasteiger partial charge is 0.257 e.